The Hall–Kier alpha value is -3.22. The van der Waals surface area contributed by atoms with Crippen LogP contribution in [0.4, 0.5) is 4.39 Å². The van der Waals surface area contributed by atoms with Crippen LogP contribution in [-0.4, -0.2) is 32.1 Å². The second kappa shape index (κ2) is 8.03. The second-order valence-electron chi connectivity index (χ2n) is 7.31. The lowest BCUT2D eigenvalue weighted by Crippen LogP contribution is -2.32. The number of hydrogen-bond donors (Lipinski definition) is 1. The van der Waals surface area contributed by atoms with E-state index in [0.29, 0.717) is 24.1 Å². The van der Waals surface area contributed by atoms with Gasteiger partial charge in [0.2, 0.25) is 5.88 Å². The molecular weight excluding hydrogens is 373 g/mol. The van der Waals surface area contributed by atoms with Crippen molar-refractivity contribution in [2.75, 3.05) is 0 Å². The van der Waals surface area contributed by atoms with Crippen LogP contribution in [0.2, 0.25) is 0 Å². The molecule has 29 heavy (non-hydrogen) atoms. The Labute approximate surface area is 167 Å². The van der Waals surface area contributed by atoms with Gasteiger partial charge in [0.25, 0.3) is 5.56 Å². The molecule has 2 atom stereocenters. The van der Waals surface area contributed by atoms with Gasteiger partial charge in [-0.05, 0) is 54.7 Å². The highest BCUT2D eigenvalue weighted by atomic mass is 19.1. The Bertz CT molecular complexity index is 1070. The Morgan fingerprint density at radius 2 is 1.86 bits per heavy atom. The van der Waals surface area contributed by atoms with Gasteiger partial charge in [0, 0.05) is 30.9 Å². The quantitative estimate of drug-likeness (QED) is 0.726. The van der Waals surface area contributed by atoms with Crippen LogP contribution in [-0.2, 0) is 7.05 Å². The fourth-order valence-electron chi connectivity index (χ4n) is 3.52. The minimum Gasteiger partial charge on any atom is -0.507 e. The van der Waals surface area contributed by atoms with Crippen LogP contribution in [0.25, 0.3) is 22.4 Å². The zero-order valence-electron chi connectivity index (χ0n) is 16.1. The third kappa shape index (κ3) is 4.13. The fourth-order valence-corrected chi connectivity index (χ4v) is 3.52. The van der Waals surface area contributed by atoms with Gasteiger partial charge in [0.1, 0.15) is 18.0 Å². The van der Waals surface area contributed by atoms with Crippen LogP contribution >= 0.6 is 0 Å². The maximum absolute atomic E-state index is 13.9. The van der Waals surface area contributed by atoms with E-state index in [-0.39, 0.29) is 17.2 Å². The molecule has 0 bridgehead atoms. The van der Waals surface area contributed by atoms with Gasteiger partial charge in [-0.2, -0.15) is 0 Å². The van der Waals surface area contributed by atoms with Crippen LogP contribution in [0.5, 0.6) is 11.6 Å². The highest BCUT2D eigenvalue weighted by Crippen LogP contribution is 2.32. The van der Waals surface area contributed by atoms with Crippen molar-refractivity contribution in [2.24, 2.45) is 7.05 Å². The van der Waals surface area contributed by atoms with Gasteiger partial charge in [-0.25, -0.2) is 4.39 Å². The highest BCUT2D eigenvalue weighted by Gasteiger charge is 2.26. The summed E-state index contributed by atoms with van der Waals surface area (Å²) in [6.45, 7) is 0. The van der Waals surface area contributed by atoms with E-state index in [4.69, 9.17) is 4.74 Å². The molecule has 1 aliphatic carbocycles. The molecule has 1 aromatic carbocycles. The van der Waals surface area contributed by atoms with Crippen molar-refractivity contribution in [1.29, 1.82) is 0 Å². The number of phenols is 1. The summed E-state index contributed by atoms with van der Waals surface area (Å²) in [6, 6.07) is 11.8. The number of phenolic OH excluding ortho intramolecular Hbond substituents is 1. The number of benzene rings is 1. The molecule has 1 aliphatic rings. The standard InChI is InChI=1S/C22H22FN3O3/c1-26-11-10-15(13-22(26)28)14-6-7-16(19(27)12-14)18-8-9-21(25-24-18)29-20-5-3-2-4-17(20)23/h6-13,17,20,27H,2-5H2,1H3/t17-,20+/m1/s1. The molecule has 1 saturated carbocycles. The van der Waals surface area contributed by atoms with Gasteiger partial charge >= 0.3 is 0 Å². The maximum Gasteiger partial charge on any atom is 0.250 e. The SMILES string of the molecule is Cn1ccc(-c2ccc(-c3ccc(O[C@H]4CCCC[C@H]4F)nn3)c(O)c2)cc1=O. The van der Waals surface area contributed by atoms with E-state index in [2.05, 4.69) is 10.2 Å². The van der Waals surface area contributed by atoms with E-state index >= 15 is 0 Å². The zero-order valence-corrected chi connectivity index (χ0v) is 16.1. The van der Waals surface area contributed by atoms with Crippen LogP contribution in [0.15, 0.2) is 53.5 Å². The number of pyridine rings is 1. The summed E-state index contributed by atoms with van der Waals surface area (Å²) in [5.74, 6) is 0.307. The normalized spacial score (nSPS) is 19.1. The van der Waals surface area contributed by atoms with Gasteiger partial charge in [0.05, 0.1) is 5.69 Å². The monoisotopic (exact) mass is 395 g/mol. The summed E-state index contributed by atoms with van der Waals surface area (Å²) in [7, 11) is 1.68. The van der Waals surface area contributed by atoms with Crippen molar-refractivity contribution in [1.82, 2.24) is 14.8 Å². The summed E-state index contributed by atoms with van der Waals surface area (Å²) < 4.78 is 21.1. The predicted octanol–water partition coefficient (Wildman–Crippen LogP) is 3.87. The van der Waals surface area contributed by atoms with E-state index in [0.717, 1.165) is 24.0 Å². The number of aromatic hydroxyl groups is 1. The van der Waals surface area contributed by atoms with Gasteiger partial charge in [-0.3, -0.25) is 4.79 Å². The molecule has 1 N–H and O–H groups in total. The molecule has 0 unspecified atom stereocenters. The van der Waals surface area contributed by atoms with Gasteiger partial charge < -0.3 is 14.4 Å². The number of rotatable bonds is 4. The summed E-state index contributed by atoms with van der Waals surface area (Å²) in [4.78, 5) is 11.8. The van der Waals surface area contributed by atoms with Crippen molar-refractivity contribution in [3.05, 3.63) is 59.0 Å². The minimum atomic E-state index is -0.975. The lowest BCUT2D eigenvalue weighted by Gasteiger charge is -2.25. The number of nitrogens with zero attached hydrogens (tertiary/aromatic N) is 3. The lowest BCUT2D eigenvalue weighted by molar-refractivity contribution is 0.0594. The molecule has 0 saturated heterocycles. The molecule has 0 spiro atoms. The number of alkyl halides is 1. The first-order valence-electron chi connectivity index (χ1n) is 9.66. The van der Waals surface area contributed by atoms with Gasteiger partial charge in [-0.15, -0.1) is 10.2 Å². The first-order chi connectivity index (χ1) is 14.0. The number of ether oxygens (including phenoxy) is 1. The Morgan fingerprint density at radius 3 is 2.55 bits per heavy atom. The zero-order chi connectivity index (χ0) is 20.4. The first-order valence-corrected chi connectivity index (χ1v) is 9.66. The van der Waals surface area contributed by atoms with Gasteiger partial charge in [-0.1, -0.05) is 12.5 Å². The van der Waals surface area contributed by atoms with E-state index in [1.54, 1.807) is 37.5 Å². The lowest BCUT2D eigenvalue weighted by atomic mass is 9.96. The number of aryl methyl sites for hydroxylation is 1. The third-order valence-corrected chi connectivity index (χ3v) is 5.25. The Kier molecular flexibility index (Phi) is 5.29. The van der Waals surface area contributed by atoms with Crippen molar-refractivity contribution >= 4 is 0 Å². The van der Waals surface area contributed by atoms with Crippen molar-refractivity contribution in [3.63, 3.8) is 0 Å². The summed E-state index contributed by atoms with van der Waals surface area (Å²) in [5.41, 5.74) is 2.31. The van der Waals surface area contributed by atoms with Crippen molar-refractivity contribution in [3.8, 4) is 34.0 Å². The van der Waals surface area contributed by atoms with Crippen LogP contribution in [0.1, 0.15) is 25.7 Å². The van der Waals surface area contributed by atoms with E-state index in [9.17, 15) is 14.3 Å². The average Bonchev–Trinajstić information content (AvgIpc) is 2.72. The maximum atomic E-state index is 13.9. The average molecular weight is 395 g/mol. The van der Waals surface area contributed by atoms with E-state index < -0.39 is 12.3 Å². The third-order valence-electron chi connectivity index (χ3n) is 5.25. The van der Waals surface area contributed by atoms with Crippen molar-refractivity contribution < 1.29 is 14.2 Å². The molecule has 1 fully saturated rings. The number of hydrogen-bond acceptors (Lipinski definition) is 5. The molecule has 0 radical (unpaired) electrons. The molecule has 6 nitrogen and oxygen atoms in total. The second-order valence-corrected chi connectivity index (χ2v) is 7.31. The summed E-state index contributed by atoms with van der Waals surface area (Å²) in [6.07, 6.45) is 3.26. The molecule has 0 amide bonds. The molecule has 4 rings (SSSR count). The predicted molar refractivity (Wildman–Crippen MR) is 108 cm³/mol. The van der Waals surface area contributed by atoms with Crippen molar-refractivity contribution in [2.45, 2.75) is 38.0 Å². The highest BCUT2D eigenvalue weighted by molar-refractivity contribution is 5.74. The van der Waals surface area contributed by atoms with Crippen LogP contribution < -0.4 is 10.3 Å². The first kappa shape index (κ1) is 19.1. The molecule has 0 aliphatic heterocycles. The Balaban J connectivity index is 1.53. The van der Waals surface area contributed by atoms with E-state index in [1.165, 1.54) is 10.6 Å². The topological polar surface area (TPSA) is 77.2 Å². The Morgan fingerprint density at radius 1 is 1.07 bits per heavy atom. The number of aromatic nitrogens is 3. The summed E-state index contributed by atoms with van der Waals surface area (Å²) >= 11 is 0. The summed E-state index contributed by atoms with van der Waals surface area (Å²) in [5, 5.41) is 18.6. The van der Waals surface area contributed by atoms with Gasteiger partial charge in [0.15, 0.2) is 0 Å². The molecule has 2 aromatic heterocycles. The fraction of sp³-hybridized carbons (Fsp3) is 0.318. The van der Waals surface area contributed by atoms with Crippen LogP contribution in [0, 0.1) is 0 Å². The molecule has 2 heterocycles. The molecular formula is C22H22FN3O3. The molecule has 7 heteroatoms. The van der Waals surface area contributed by atoms with E-state index in [1.807, 2.05) is 12.1 Å². The minimum absolute atomic E-state index is 0.0299. The smallest absolute Gasteiger partial charge is 0.250 e. The largest absolute Gasteiger partial charge is 0.507 e. The van der Waals surface area contributed by atoms with Crippen LogP contribution in [0.3, 0.4) is 0 Å². The molecule has 3 aromatic rings. The molecule has 150 valence electrons. The number of halogens is 1.